The van der Waals surface area contributed by atoms with Gasteiger partial charge in [-0.25, -0.2) is 0 Å². The highest BCUT2D eigenvalue weighted by atomic mass is 16.5. The molecule has 0 N–H and O–H groups in total. The Kier molecular flexibility index (Phi) is 6.69. The molecule has 0 aliphatic heterocycles. The lowest BCUT2D eigenvalue weighted by atomic mass is 9.82. The van der Waals surface area contributed by atoms with Crippen LogP contribution in [0.15, 0.2) is 42.5 Å². The zero-order valence-electron chi connectivity index (χ0n) is 19.6. The lowest BCUT2D eigenvalue weighted by molar-refractivity contribution is 0.126. The molecule has 0 spiro atoms. The summed E-state index contributed by atoms with van der Waals surface area (Å²) >= 11 is 0. The van der Waals surface area contributed by atoms with E-state index < -0.39 is 0 Å². The van der Waals surface area contributed by atoms with Gasteiger partial charge in [0.2, 0.25) is 0 Å². The molecule has 0 unspecified atom stereocenters. The molecular formula is C27H40O. The fraction of sp³-hybridized carbons (Fsp3) is 0.556. The van der Waals surface area contributed by atoms with Crippen molar-refractivity contribution in [3.05, 3.63) is 64.7 Å². The van der Waals surface area contributed by atoms with Gasteiger partial charge in [-0.05, 0) is 73.1 Å². The summed E-state index contributed by atoms with van der Waals surface area (Å²) in [7, 11) is 0. The van der Waals surface area contributed by atoms with Crippen LogP contribution in [0.5, 0.6) is 5.75 Å². The third kappa shape index (κ3) is 7.70. The van der Waals surface area contributed by atoms with Gasteiger partial charge < -0.3 is 4.74 Å². The van der Waals surface area contributed by atoms with Gasteiger partial charge >= 0.3 is 0 Å². The van der Waals surface area contributed by atoms with Gasteiger partial charge in [-0.3, -0.25) is 0 Å². The van der Waals surface area contributed by atoms with Gasteiger partial charge in [-0.1, -0.05) is 84.0 Å². The van der Waals surface area contributed by atoms with E-state index in [-0.39, 0.29) is 16.4 Å². The highest BCUT2D eigenvalue weighted by molar-refractivity contribution is 5.47. The first kappa shape index (κ1) is 22.5. The second kappa shape index (κ2) is 8.31. The summed E-state index contributed by atoms with van der Waals surface area (Å²) < 4.78 is 6.56. The minimum atomic E-state index is -0.208. The van der Waals surface area contributed by atoms with E-state index in [1.807, 2.05) is 0 Å². The van der Waals surface area contributed by atoms with Crippen LogP contribution in [0.3, 0.4) is 0 Å². The van der Waals surface area contributed by atoms with Gasteiger partial charge in [0.05, 0.1) is 0 Å². The predicted molar refractivity (Wildman–Crippen MR) is 122 cm³/mol. The number of benzene rings is 2. The SMILES string of the molecule is CC(C)(C)Cc1cc(Cc2ccccc2)cc(CC(C)(C)C)c1OC(C)(C)C. The van der Waals surface area contributed by atoms with Crippen molar-refractivity contribution in [3.8, 4) is 5.75 Å². The molecule has 2 aromatic carbocycles. The fourth-order valence-corrected chi connectivity index (χ4v) is 3.60. The molecule has 0 atom stereocenters. The summed E-state index contributed by atoms with van der Waals surface area (Å²) in [5.41, 5.74) is 5.63. The Morgan fingerprint density at radius 1 is 0.643 bits per heavy atom. The second-order valence-electron chi connectivity index (χ2n) is 11.6. The third-order valence-electron chi connectivity index (χ3n) is 4.40. The molecule has 1 heteroatoms. The smallest absolute Gasteiger partial charge is 0.126 e. The van der Waals surface area contributed by atoms with E-state index in [2.05, 4.69) is 105 Å². The molecule has 154 valence electrons. The first-order chi connectivity index (χ1) is 12.7. The fourth-order valence-electron chi connectivity index (χ4n) is 3.60. The quantitative estimate of drug-likeness (QED) is 0.518. The standard InChI is InChI=1S/C27H40O/c1-25(2,3)18-22-16-21(15-20-13-11-10-12-14-20)17-23(19-26(4,5)6)24(22)28-27(7,8)9/h10-14,16-17H,15,18-19H2,1-9H3. The lowest BCUT2D eigenvalue weighted by Crippen LogP contribution is -2.26. The van der Waals surface area contributed by atoms with Crippen LogP contribution in [0.4, 0.5) is 0 Å². The normalized spacial score (nSPS) is 12.9. The summed E-state index contributed by atoms with van der Waals surface area (Å²) in [4.78, 5) is 0. The van der Waals surface area contributed by atoms with Crippen LogP contribution in [0.2, 0.25) is 0 Å². The molecule has 1 nitrogen and oxygen atoms in total. The van der Waals surface area contributed by atoms with Crippen molar-refractivity contribution in [2.45, 2.75) is 87.2 Å². The van der Waals surface area contributed by atoms with Gasteiger partial charge in [-0.15, -0.1) is 0 Å². The van der Waals surface area contributed by atoms with Crippen LogP contribution < -0.4 is 4.74 Å². The van der Waals surface area contributed by atoms with E-state index in [1.165, 1.54) is 22.3 Å². The van der Waals surface area contributed by atoms with E-state index in [9.17, 15) is 0 Å². The summed E-state index contributed by atoms with van der Waals surface area (Å²) in [6.07, 6.45) is 2.99. The molecule has 28 heavy (non-hydrogen) atoms. The molecule has 0 bridgehead atoms. The maximum atomic E-state index is 6.56. The topological polar surface area (TPSA) is 9.23 Å². The monoisotopic (exact) mass is 380 g/mol. The lowest BCUT2D eigenvalue weighted by Gasteiger charge is -2.30. The van der Waals surface area contributed by atoms with Crippen molar-refractivity contribution in [1.29, 1.82) is 0 Å². The van der Waals surface area contributed by atoms with Crippen molar-refractivity contribution in [2.24, 2.45) is 10.8 Å². The molecule has 2 aromatic rings. The summed E-state index contributed by atoms with van der Waals surface area (Å²) in [6.45, 7) is 20.3. The van der Waals surface area contributed by atoms with Crippen molar-refractivity contribution in [1.82, 2.24) is 0 Å². The van der Waals surface area contributed by atoms with Crippen molar-refractivity contribution in [3.63, 3.8) is 0 Å². The van der Waals surface area contributed by atoms with Crippen LogP contribution >= 0.6 is 0 Å². The minimum absolute atomic E-state index is 0.208. The minimum Gasteiger partial charge on any atom is -0.488 e. The van der Waals surface area contributed by atoms with Gasteiger partial charge in [0.25, 0.3) is 0 Å². The Bertz CT molecular complexity index is 728. The van der Waals surface area contributed by atoms with E-state index in [0.717, 1.165) is 25.0 Å². The average molecular weight is 381 g/mol. The Hall–Kier alpha value is -1.76. The first-order valence-corrected chi connectivity index (χ1v) is 10.6. The molecule has 0 aromatic heterocycles. The zero-order valence-corrected chi connectivity index (χ0v) is 19.6. The second-order valence-corrected chi connectivity index (χ2v) is 11.6. The molecular weight excluding hydrogens is 340 g/mol. The van der Waals surface area contributed by atoms with Crippen molar-refractivity contribution in [2.75, 3.05) is 0 Å². The van der Waals surface area contributed by atoms with Crippen molar-refractivity contribution >= 4 is 0 Å². The maximum Gasteiger partial charge on any atom is 0.126 e. The third-order valence-corrected chi connectivity index (χ3v) is 4.40. The Morgan fingerprint density at radius 3 is 1.50 bits per heavy atom. The van der Waals surface area contributed by atoms with Gasteiger partial charge in [-0.2, -0.15) is 0 Å². The van der Waals surface area contributed by atoms with Crippen molar-refractivity contribution < 1.29 is 4.74 Å². The van der Waals surface area contributed by atoms with E-state index in [1.54, 1.807) is 0 Å². The van der Waals surface area contributed by atoms with Crippen LogP contribution in [-0.2, 0) is 19.3 Å². The molecule has 0 saturated heterocycles. The number of hydrogen-bond acceptors (Lipinski definition) is 1. The first-order valence-electron chi connectivity index (χ1n) is 10.6. The van der Waals surface area contributed by atoms with E-state index in [0.29, 0.717) is 0 Å². The Balaban J connectivity index is 2.58. The number of hydrogen-bond donors (Lipinski definition) is 0. The molecule has 0 saturated carbocycles. The van der Waals surface area contributed by atoms with Gasteiger partial charge in [0.15, 0.2) is 0 Å². The summed E-state index contributed by atoms with van der Waals surface area (Å²) in [5.74, 6) is 1.11. The molecule has 0 heterocycles. The van der Waals surface area contributed by atoms with Gasteiger partial charge in [0.1, 0.15) is 11.4 Å². The molecule has 0 aliphatic rings. The predicted octanol–water partition coefficient (Wildman–Crippen LogP) is 7.63. The summed E-state index contributed by atoms with van der Waals surface area (Å²) in [6, 6.07) is 15.5. The van der Waals surface area contributed by atoms with E-state index >= 15 is 0 Å². The van der Waals surface area contributed by atoms with Crippen LogP contribution in [0.1, 0.15) is 84.6 Å². The molecule has 0 radical (unpaired) electrons. The number of ether oxygens (including phenoxy) is 1. The van der Waals surface area contributed by atoms with Gasteiger partial charge in [0, 0.05) is 0 Å². The largest absolute Gasteiger partial charge is 0.488 e. The van der Waals surface area contributed by atoms with Crippen LogP contribution in [0, 0.1) is 10.8 Å². The Labute approximate surface area is 173 Å². The molecule has 0 fully saturated rings. The highest BCUT2D eigenvalue weighted by Gasteiger charge is 2.24. The molecule has 2 rings (SSSR count). The van der Waals surface area contributed by atoms with E-state index in [4.69, 9.17) is 4.74 Å². The Morgan fingerprint density at radius 2 is 1.11 bits per heavy atom. The highest BCUT2D eigenvalue weighted by Crippen LogP contribution is 2.37. The summed E-state index contributed by atoms with van der Waals surface area (Å²) in [5, 5.41) is 0. The molecule has 0 amide bonds. The number of rotatable bonds is 5. The van der Waals surface area contributed by atoms with Crippen LogP contribution in [-0.4, -0.2) is 5.60 Å². The molecule has 0 aliphatic carbocycles. The van der Waals surface area contributed by atoms with Crippen LogP contribution in [0.25, 0.3) is 0 Å². The maximum absolute atomic E-state index is 6.56. The zero-order chi connectivity index (χ0) is 21.2. The average Bonchev–Trinajstić information content (AvgIpc) is 2.47.